The highest BCUT2D eigenvalue weighted by molar-refractivity contribution is 5.57. The molecule has 106 valence electrons. The van der Waals surface area contributed by atoms with Crippen molar-refractivity contribution in [1.82, 2.24) is 9.97 Å². The zero-order valence-electron chi connectivity index (χ0n) is 12.0. The summed E-state index contributed by atoms with van der Waals surface area (Å²) in [5.41, 5.74) is 1.84. The van der Waals surface area contributed by atoms with Crippen molar-refractivity contribution in [1.29, 1.82) is 0 Å². The molecule has 1 aromatic carbocycles. The number of hydrogen-bond acceptors (Lipinski definition) is 4. The lowest BCUT2D eigenvalue weighted by atomic mass is 10.2. The normalized spacial score (nSPS) is 10.4. The molecule has 0 bridgehead atoms. The third-order valence-electron chi connectivity index (χ3n) is 3.09. The van der Waals surface area contributed by atoms with Gasteiger partial charge in [0, 0.05) is 25.6 Å². The number of rotatable bonds is 5. The first-order valence-corrected chi connectivity index (χ1v) is 6.67. The second-order valence-corrected chi connectivity index (χ2v) is 4.55. The number of aromatic nitrogens is 2. The highest BCUT2D eigenvalue weighted by atomic mass is 19.1. The molecule has 0 spiro atoms. The van der Waals surface area contributed by atoms with Gasteiger partial charge in [0.05, 0.1) is 0 Å². The molecule has 0 aliphatic heterocycles. The van der Waals surface area contributed by atoms with Crippen molar-refractivity contribution < 1.29 is 4.39 Å². The highest BCUT2D eigenvalue weighted by Crippen LogP contribution is 2.20. The molecule has 2 aromatic rings. The largest absolute Gasteiger partial charge is 0.373 e. The molecule has 0 amide bonds. The Hall–Kier alpha value is -2.17. The summed E-state index contributed by atoms with van der Waals surface area (Å²) >= 11 is 0. The van der Waals surface area contributed by atoms with E-state index in [4.69, 9.17) is 0 Å². The fourth-order valence-electron chi connectivity index (χ4n) is 1.97. The molecule has 0 unspecified atom stereocenters. The number of halogens is 1. The van der Waals surface area contributed by atoms with Crippen LogP contribution < -0.4 is 10.6 Å². The third-order valence-corrected chi connectivity index (χ3v) is 3.09. The van der Waals surface area contributed by atoms with Crippen molar-refractivity contribution in [3.8, 4) is 0 Å². The van der Waals surface area contributed by atoms with Crippen LogP contribution in [0.15, 0.2) is 24.3 Å². The number of nitrogens with one attached hydrogen (secondary N) is 2. The summed E-state index contributed by atoms with van der Waals surface area (Å²) in [5.74, 6) is 2.15. The Balaban J connectivity index is 2.20. The minimum atomic E-state index is -0.228. The van der Waals surface area contributed by atoms with Gasteiger partial charge < -0.3 is 10.6 Å². The van der Waals surface area contributed by atoms with Crippen LogP contribution in [-0.2, 0) is 13.0 Å². The van der Waals surface area contributed by atoms with Crippen LogP contribution in [0.4, 0.5) is 16.0 Å². The van der Waals surface area contributed by atoms with E-state index in [0.717, 1.165) is 35.0 Å². The fourth-order valence-corrected chi connectivity index (χ4v) is 1.97. The molecule has 0 fully saturated rings. The second kappa shape index (κ2) is 6.32. The average molecular weight is 274 g/mol. The van der Waals surface area contributed by atoms with Crippen LogP contribution >= 0.6 is 0 Å². The first kappa shape index (κ1) is 14.2. The van der Waals surface area contributed by atoms with E-state index in [2.05, 4.69) is 20.6 Å². The molecule has 5 heteroatoms. The number of nitrogens with zero attached hydrogens (tertiary/aromatic N) is 2. The molecule has 1 aromatic heterocycles. The molecule has 1 heterocycles. The van der Waals surface area contributed by atoms with Crippen LogP contribution in [0.25, 0.3) is 0 Å². The summed E-state index contributed by atoms with van der Waals surface area (Å²) in [5, 5.41) is 6.31. The quantitative estimate of drug-likeness (QED) is 0.879. The maximum atomic E-state index is 13.1. The summed E-state index contributed by atoms with van der Waals surface area (Å²) in [4.78, 5) is 8.90. The van der Waals surface area contributed by atoms with Gasteiger partial charge in [0.25, 0.3) is 0 Å². The lowest BCUT2D eigenvalue weighted by molar-refractivity contribution is 0.626. The van der Waals surface area contributed by atoms with Gasteiger partial charge in [-0.15, -0.1) is 0 Å². The molecule has 0 radical (unpaired) electrons. The van der Waals surface area contributed by atoms with Gasteiger partial charge in [0.15, 0.2) is 0 Å². The second-order valence-electron chi connectivity index (χ2n) is 4.55. The van der Waals surface area contributed by atoms with Crippen LogP contribution in [0.3, 0.4) is 0 Å². The minimum Gasteiger partial charge on any atom is -0.373 e. The van der Waals surface area contributed by atoms with Crippen LogP contribution in [0.2, 0.25) is 0 Å². The lowest BCUT2D eigenvalue weighted by Gasteiger charge is -2.13. The summed E-state index contributed by atoms with van der Waals surface area (Å²) in [6, 6.07) is 6.54. The Morgan fingerprint density at radius 2 is 1.95 bits per heavy atom. The number of aryl methyl sites for hydroxylation is 1. The predicted molar refractivity (Wildman–Crippen MR) is 79.4 cm³/mol. The molecule has 2 rings (SSSR count). The number of anilines is 2. The van der Waals surface area contributed by atoms with E-state index in [1.807, 2.05) is 27.0 Å². The highest BCUT2D eigenvalue weighted by Gasteiger charge is 2.09. The van der Waals surface area contributed by atoms with Crippen LogP contribution in [-0.4, -0.2) is 17.0 Å². The molecule has 0 saturated heterocycles. The van der Waals surface area contributed by atoms with Gasteiger partial charge in [-0.1, -0.05) is 19.1 Å². The molecule has 0 aliphatic carbocycles. The molecular weight excluding hydrogens is 255 g/mol. The summed E-state index contributed by atoms with van der Waals surface area (Å²) in [6.45, 7) is 4.50. The molecule has 2 N–H and O–H groups in total. The monoisotopic (exact) mass is 274 g/mol. The molecular formula is C15H19FN4. The SMILES string of the molecule is CCc1nc(NC)c(C)c(NCc2cccc(F)c2)n1. The standard InChI is InChI=1S/C15H19FN4/c1-4-13-19-14(17-3)10(2)15(20-13)18-9-11-6-5-7-12(16)8-11/h5-8H,4,9H2,1-3H3,(H2,17,18,19,20). The van der Waals surface area contributed by atoms with Crippen LogP contribution in [0.1, 0.15) is 23.9 Å². The van der Waals surface area contributed by atoms with E-state index in [0.29, 0.717) is 6.54 Å². The zero-order chi connectivity index (χ0) is 14.5. The minimum absolute atomic E-state index is 0.228. The van der Waals surface area contributed by atoms with Crippen LogP contribution in [0.5, 0.6) is 0 Å². The van der Waals surface area contributed by atoms with E-state index in [1.54, 1.807) is 6.07 Å². The zero-order valence-corrected chi connectivity index (χ0v) is 12.0. The number of benzene rings is 1. The van der Waals surface area contributed by atoms with E-state index in [9.17, 15) is 4.39 Å². The molecule has 0 saturated carbocycles. The van der Waals surface area contributed by atoms with Gasteiger partial charge >= 0.3 is 0 Å². The smallest absolute Gasteiger partial charge is 0.135 e. The van der Waals surface area contributed by atoms with Crippen LogP contribution in [0, 0.1) is 12.7 Å². The van der Waals surface area contributed by atoms with Crippen molar-refractivity contribution in [3.63, 3.8) is 0 Å². The Bertz CT molecular complexity index is 598. The molecule has 20 heavy (non-hydrogen) atoms. The van der Waals surface area contributed by atoms with Gasteiger partial charge in [0.2, 0.25) is 0 Å². The van der Waals surface area contributed by atoms with Gasteiger partial charge in [-0.3, -0.25) is 0 Å². The van der Waals surface area contributed by atoms with Crippen molar-refractivity contribution in [2.75, 3.05) is 17.7 Å². The Kier molecular flexibility index (Phi) is 4.50. The van der Waals surface area contributed by atoms with E-state index in [1.165, 1.54) is 12.1 Å². The van der Waals surface area contributed by atoms with E-state index >= 15 is 0 Å². The number of hydrogen-bond donors (Lipinski definition) is 2. The maximum Gasteiger partial charge on any atom is 0.135 e. The maximum absolute atomic E-state index is 13.1. The first-order valence-electron chi connectivity index (χ1n) is 6.67. The Morgan fingerprint density at radius 1 is 1.20 bits per heavy atom. The van der Waals surface area contributed by atoms with Gasteiger partial charge in [-0.25, -0.2) is 14.4 Å². The van der Waals surface area contributed by atoms with E-state index < -0.39 is 0 Å². The average Bonchev–Trinajstić information content (AvgIpc) is 2.46. The summed E-state index contributed by atoms with van der Waals surface area (Å²) in [6.07, 6.45) is 0.767. The summed E-state index contributed by atoms with van der Waals surface area (Å²) in [7, 11) is 1.84. The topological polar surface area (TPSA) is 49.8 Å². The molecule has 4 nitrogen and oxygen atoms in total. The van der Waals surface area contributed by atoms with Gasteiger partial charge in [-0.05, 0) is 24.6 Å². The van der Waals surface area contributed by atoms with Crippen molar-refractivity contribution in [2.45, 2.75) is 26.8 Å². The van der Waals surface area contributed by atoms with Gasteiger partial charge in [-0.2, -0.15) is 0 Å². The van der Waals surface area contributed by atoms with Crippen molar-refractivity contribution >= 4 is 11.6 Å². The van der Waals surface area contributed by atoms with E-state index in [-0.39, 0.29) is 5.82 Å². The predicted octanol–water partition coefficient (Wildman–Crippen LogP) is 3.14. The Morgan fingerprint density at radius 3 is 2.60 bits per heavy atom. The Labute approximate surface area is 118 Å². The first-order chi connectivity index (χ1) is 9.63. The molecule has 0 aliphatic rings. The van der Waals surface area contributed by atoms with Gasteiger partial charge in [0.1, 0.15) is 23.3 Å². The lowest BCUT2D eigenvalue weighted by Crippen LogP contribution is -2.09. The molecule has 0 atom stereocenters. The fraction of sp³-hybridized carbons (Fsp3) is 0.333. The van der Waals surface area contributed by atoms with Crippen molar-refractivity contribution in [2.24, 2.45) is 0 Å². The van der Waals surface area contributed by atoms with Crippen molar-refractivity contribution in [3.05, 3.63) is 47.0 Å². The summed E-state index contributed by atoms with van der Waals surface area (Å²) < 4.78 is 13.1. The third kappa shape index (κ3) is 3.23.